The molecule has 2 saturated heterocycles. The summed E-state index contributed by atoms with van der Waals surface area (Å²) in [5.74, 6) is -1.03. The topological polar surface area (TPSA) is 92.2 Å². The van der Waals surface area contributed by atoms with Gasteiger partial charge in [-0.15, -0.1) is 0 Å². The van der Waals surface area contributed by atoms with Gasteiger partial charge in [0, 0.05) is 37.9 Å². The molecule has 31 heavy (non-hydrogen) atoms. The highest BCUT2D eigenvalue weighted by atomic mass is 16.5. The van der Waals surface area contributed by atoms with Crippen LogP contribution in [0.1, 0.15) is 17.3 Å². The molecule has 0 radical (unpaired) electrons. The molecule has 1 unspecified atom stereocenters. The van der Waals surface area contributed by atoms with Crippen LogP contribution in [0.5, 0.6) is 5.75 Å². The number of likely N-dealkylation sites (tertiary alicyclic amines) is 1. The van der Waals surface area contributed by atoms with E-state index >= 15 is 0 Å². The highest BCUT2D eigenvalue weighted by molar-refractivity contribution is 6.46. The molecule has 2 aliphatic rings. The fourth-order valence-electron chi connectivity index (χ4n) is 3.96. The Kier molecular flexibility index (Phi) is 6.29. The Labute approximate surface area is 180 Å². The summed E-state index contributed by atoms with van der Waals surface area (Å²) in [4.78, 5) is 34.1. The number of pyridine rings is 1. The molecule has 0 aliphatic carbocycles. The number of aliphatic hydroxyl groups excluding tert-OH is 1. The molecule has 2 aliphatic heterocycles. The first-order chi connectivity index (χ1) is 15.1. The molecule has 2 aromatic rings. The summed E-state index contributed by atoms with van der Waals surface area (Å²) in [5.41, 5.74) is 0.985. The number of nitrogens with zero attached hydrogens (tertiary/aromatic N) is 3. The summed E-state index contributed by atoms with van der Waals surface area (Å²) in [6.45, 7) is 3.82. The van der Waals surface area contributed by atoms with Crippen LogP contribution in [0, 0.1) is 0 Å². The predicted octanol–water partition coefficient (Wildman–Crippen LogP) is 1.84. The molecule has 1 aromatic heterocycles. The molecule has 4 rings (SSSR count). The number of rotatable bonds is 6. The average Bonchev–Trinajstić information content (AvgIpc) is 3.08. The number of amides is 1. The lowest BCUT2D eigenvalue weighted by Crippen LogP contribution is -2.42. The van der Waals surface area contributed by atoms with Crippen molar-refractivity contribution >= 4 is 17.4 Å². The zero-order valence-corrected chi connectivity index (χ0v) is 17.4. The molecule has 3 heterocycles. The first kappa shape index (κ1) is 21.0. The van der Waals surface area contributed by atoms with Crippen molar-refractivity contribution in [3.05, 3.63) is 65.5 Å². The number of ether oxygens (including phenoxy) is 2. The molecule has 2 fully saturated rings. The maximum atomic E-state index is 13.0. The van der Waals surface area contributed by atoms with Crippen LogP contribution >= 0.6 is 0 Å². The molecule has 8 nitrogen and oxygen atoms in total. The van der Waals surface area contributed by atoms with Crippen LogP contribution in [0.3, 0.4) is 0 Å². The van der Waals surface area contributed by atoms with E-state index in [2.05, 4.69) is 9.88 Å². The first-order valence-electron chi connectivity index (χ1n) is 10.2. The van der Waals surface area contributed by atoms with E-state index in [1.54, 1.807) is 48.7 Å². The van der Waals surface area contributed by atoms with Gasteiger partial charge in [-0.3, -0.25) is 19.5 Å². The monoisotopic (exact) mass is 423 g/mol. The molecule has 1 amide bonds. The molecule has 1 aromatic carbocycles. The molecule has 1 atom stereocenters. The van der Waals surface area contributed by atoms with Crippen LogP contribution in [0.4, 0.5) is 0 Å². The summed E-state index contributed by atoms with van der Waals surface area (Å²) >= 11 is 0. The van der Waals surface area contributed by atoms with Crippen LogP contribution < -0.4 is 4.74 Å². The van der Waals surface area contributed by atoms with E-state index in [0.29, 0.717) is 43.3 Å². The Morgan fingerprint density at radius 3 is 2.68 bits per heavy atom. The van der Waals surface area contributed by atoms with Crippen LogP contribution in [0.2, 0.25) is 0 Å². The Hall–Kier alpha value is -3.23. The summed E-state index contributed by atoms with van der Waals surface area (Å²) in [6, 6.07) is 11.3. The van der Waals surface area contributed by atoms with Gasteiger partial charge < -0.3 is 19.5 Å². The van der Waals surface area contributed by atoms with E-state index in [0.717, 1.165) is 13.1 Å². The standard InChI is InChI=1S/C23H25N3O5/c1-30-17-6-4-5-16(15-17)21(27)19-20(18-7-2-3-8-24-18)26(23(29)22(19)28)10-9-25-11-13-31-14-12-25/h2-8,15,20,27H,9-14H2,1H3/b21-19-. The number of hydrogen-bond donors (Lipinski definition) is 1. The van der Waals surface area contributed by atoms with Crippen molar-refractivity contribution in [2.24, 2.45) is 0 Å². The van der Waals surface area contributed by atoms with Gasteiger partial charge in [-0.05, 0) is 24.3 Å². The normalized spacial score (nSPS) is 21.5. The van der Waals surface area contributed by atoms with E-state index in [1.165, 1.54) is 12.0 Å². The fraction of sp³-hybridized carbons (Fsp3) is 0.348. The van der Waals surface area contributed by atoms with E-state index in [4.69, 9.17) is 9.47 Å². The molecular weight excluding hydrogens is 398 g/mol. The summed E-state index contributed by atoms with van der Waals surface area (Å²) in [6.07, 6.45) is 1.61. The molecule has 0 bridgehead atoms. The smallest absolute Gasteiger partial charge is 0.295 e. The summed E-state index contributed by atoms with van der Waals surface area (Å²) in [5, 5.41) is 11.1. The third-order valence-corrected chi connectivity index (χ3v) is 5.61. The maximum Gasteiger partial charge on any atom is 0.295 e. The van der Waals surface area contributed by atoms with Crippen LogP contribution in [-0.2, 0) is 14.3 Å². The van der Waals surface area contributed by atoms with Crippen molar-refractivity contribution in [2.45, 2.75) is 6.04 Å². The largest absolute Gasteiger partial charge is 0.507 e. The molecule has 1 N–H and O–H groups in total. The first-order valence-corrected chi connectivity index (χ1v) is 10.2. The zero-order chi connectivity index (χ0) is 21.8. The van der Waals surface area contributed by atoms with Gasteiger partial charge in [-0.2, -0.15) is 0 Å². The van der Waals surface area contributed by atoms with Gasteiger partial charge in [0.2, 0.25) is 0 Å². The van der Waals surface area contributed by atoms with E-state index < -0.39 is 17.7 Å². The number of aliphatic hydroxyl groups is 1. The number of carbonyl (C=O) groups excluding carboxylic acids is 2. The molecule has 0 spiro atoms. The average molecular weight is 423 g/mol. The lowest BCUT2D eigenvalue weighted by atomic mass is 9.98. The number of Topliss-reactive ketones (excluding diaryl/α,β-unsaturated/α-hetero) is 1. The Bertz CT molecular complexity index is 986. The van der Waals surface area contributed by atoms with Gasteiger partial charge in [-0.1, -0.05) is 18.2 Å². The Morgan fingerprint density at radius 1 is 1.16 bits per heavy atom. The second kappa shape index (κ2) is 9.28. The van der Waals surface area contributed by atoms with Gasteiger partial charge in [0.1, 0.15) is 17.6 Å². The van der Waals surface area contributed by atoms with Gasteiger partial charge >= 0.3 is 0 Å². The predicted molar refractivity (Wildman–Crippen MR) is 113 cm³/mol. The summed E-state index contributed by atoms with van der Waals surface area (Å²) < 4.78 is 10.6. The maximum absolute atomic E-state index is 13.0. The van der Waals surface area contributed by atoms with Crippen LogP contribution in [-0.4, -0.2) is 78.1 Å². The summed E-state index contributed by atoms with van der Waals surface area (Å²) in [7, 11) is 1.53. The number of ketones is 1. The van der Waals surface area contributed by atoms with Crippen molar-refractivity contribution in [3.8, 4) is 5.75 Å². The number of aromatic nitrogens is 1. The van der Waals surface area contributed by atoms with E-state index in [9.17, 15) is 14.7 Å². The minimum atomic E-state index is -0.756. The molecule has 8 heteroatoms. The highest BCUT2D eigenvalue weighted by Gasteiger charge is 2.46. The molecule has 162 valence electrons. The van der Waals surface area contributed by atoms with Gasteiger partial charge in [0.15, 0.2) is 0 Å². The van der Waals surface area contributed by atoms with E-state index in [-0.39, 0.29) is 11.3 Å². The van der Waals surface area contributed by atoms with Crippen molar-refractivity contribution in [3.63, 3.8) is 0 Å². The number of morpholine rings is 1. The SMILES string of the molecule is COc1cccc(/C(O)=C2/C(=O)C(=O)N(CCN3CCOCC3)C2c2ccccn2)c1. The molecular formula is C23H25N3O5. The van der Waals surface area contributed by atoms with Crippen molar-refractivity contribution in [2.75, 3.05) is 46.5 Å². The van der Waals surface area contributed by atoms with Crippen molar-refractivity contribution < 1.29 is 24.2 Å². The third kappa shape index (κ3) is 4.30. The van der Waals surface area contributed by atoms with Gasteiger partial charge in [-0.25, -0.2) is 0 Å². The number of methoxy groups -OCH3 is 1. The fourth-order valence-corrected chi connectivity index (χ4v) is 3.96. The minimum Gasteiger partial charge on any atom is -0.507 e. The van der Waals surface area contributed by atoms with Crippen molar-refractivity contribution in [1.29, 1.82) is 0 Å². The Morgan fingerprint density at radius 2 is 1.97 bits per heavy atom. The molecule has 0 saturated carbocycles. The van der Waals surface area contributed by atoms with Crippen molar-refractivity contribution in [1.82, 2.24) is 14.8 Å². The van der Waals surface area contributed by atoms with E-state index in [1.807, 2.05) is 0 Å². The second-order valence-electron chi connectivity index (χ2n) is 7.43. The number of carbonyl (C=O) groups is 2. The lowest BCUT2D eigenvalue weighted by molar-refractivity contribution is -0.140. The highest BCUT2D eigenvalue weighted by Crippen LogP contribution is 2.38. The number of hydrogen-bond acceptors (Lipinski definition) is 7. The third-order valence-electron chi connectivity index (χ3n) is 5.61. The zero-order valence-electron chi connectivity index (χ0n) is 17.4. The second-order valence-corrected chi connectivity index (χ2v) is 7.43. The van der Waals surface area contributed by atoms with Gasteiger partial charge in [0.05, 0.1) is 31.6 Å². The van der Waals surface area contributed by atoms with Crippen LogP contribution in [0.25, 0.3) is 5.76 Å². The van der Waals surface area contributed by atoms with Gasteiger partial charge in [0.25, 0.3) is 11.7 Å². The quantitative estimate of drug-likeness (QED) is 0.431. The lowest BCUT2D eigenvalue weighted by Gasteiger charge is -2.30. The minimum absolute atomic E-state index is 0.0407. The Balaban J connectivity index is 1.72. The van der Waals surface area contributed by atoms with Crippen LogP contribution in [0.15, 0.2) is 54.2 Å². The number of benzene rings is 1.